The molecule has 0 fully saturated rings. The van der Waals surface area contributed by atoms with Gasteiger partial charge in [-0.2, -0.15) is 0 Å². The van der Waals surface area contributed by atoms with Crippen molar-refractivity contribution in [2.75, 3.05) is 13.2 Å². The van der Waals surface area contributed by atoms with E-state index in [2.05, 4.69) is 5.32 Å². The first kappa shape index (κ1) is 13.9. The van der Waals surface area contributed by atoms with Gasteiger partial charge in [-0.1, -0.05) is 12.1 Å². The van der Waals surface area contributed by atoms with Crippen molar-refractivity contribution >= 4 is 17.2 Å². The number of primary amides is 1. The van der Waals surface area contributed by atoms with Crippen LogP contribution in [-0.4, -0.2) is 25.2 Å². The molecule has 3 N–H and O–H groups in total. The van der Waals surface area contributed by atoms with Gasteiger partial charge in [0.15, 0.2) is 11.5 Å². The summed E-state index contributed by atoms with van der Waals surface area (Å²) in [6.07, 6.45) is -0.0181. The summed E-state index contributed by atoms with van der Waals surface area (Å²) in [5, 5.41) is 5.08. The van der Waals surface area contributed by atoms with Gasteiger partial charge < -0.3 is 20.5 Å². The first-order chi connectivity index (χ1) is 10.2. The zero-order valence-electron chi connectivity index (χ0n) is 11.4. The topological polar surface area (TPSA) is 73.6 Å². The first-order valence-electron chi connectivity index (χ1n) is 6.69. The highest BCUT2D eigenvalue weighted by Crippen LogP contribution is 2.30. The number of carbonyl (C=O) groups is 1. The number of para-hydroxylation sites is 2. The zero-order valence-corrected chi connectivity index (χ0v) is 12.2. The van der Waals surface area contributed by atoms with Gasteiger partial charge in [-0.3, -0.25) is 4.79 Å². The number of nitrogens with one attached hydrogen (secondary N) is 1. The first-order valence-corrected chi connectivity index (χ1v) is 7.57. The molecular weight excluding hydrogens is 288 g/mol. The maximum atomic E-state index is 11.0. The lowest BCUT2D eigenvalue weighted by molar-refractivity contribution is 0.0902. The van der Waals surface area contributed by atoms with Crippen LogP contribution in [-0.2, 0) is 6.54 Å². The fourth-order valence-corrected chi connectivity index (χ4v) is 2.97. The van der Waals surface area contributed by atoms with Gasteiger partial charge in [0.2, 0.25) is 5.91 Å². The van der Waals surface area contributed by atoms with Gasteiger partial charge in [0.25, 0.3) is 0 Å². The van der Waals surface area contributed by atoms with Crippen molar-refractivity contribution in [2.45, 2.75) is 12.6 Å². The lowest BCUT2D eigenvalue weighted by Crippen LogP contribution is -2.38. The number of fused-ring (bicyclic) bond motifs is 1. The van der Waals surface area contributed by atoms with Crippen LogP contribution in [0.15, 0.2) is 35.7 Å². The van der Waals surface area contributed by atoms with Crippen LogP contribution in [0.3, 0.4) is 0 Å². The number of hydrogen-bond donors (Lipinski definition) is 2. The molecule has 3 rings (SSSR count). The summed E-state index contributed by atoms with van der Waals surface area (Å²) in [7, 11) is 0. The lowest BCUT2D eigenvalue weighted by Gasteiger charge is -2.26. The second kappa shape index (κ2) is 6.15. The predicted octanol–water partition coefficient (Wildman–Crippen LogP) is 1.78. The van der Waals surface area contributed by atoms with Crippen LogP contribution < -0.4 is 20.5 Å². The van der Waals surface area contributed by atoms with E-state index in [9.17, 15) is 4.79 Å². The van der Waals surface area contributed by atoms with Gasteiger partial charge in [0, 0.05) is 23.3 Å². The smallest absolute Gasteiger partial charge is 0.249 e. The largest absolute Gasteiger partial charge is 0.486 e. The average Bonchev–Trinajstić information content (AvgIpc) is 2.96. The number of rotatable bonds is 5. The maximum absolute atomic E-state index is 11.0. The molecule has 5 nitrogen and oxygen atoms in total. The predicted molar refractivity (Wildman–Crippen MR) is 80.9 cm³/mol. The lowest BCUT2D eigenvalue weighted by atomic mass is 10.2. The van der Waals surface area contributed by atoms with Crippen LogP contribution in [0.1, 0.15) is 15.2 Å². The van der Waals surface area contributed by atoms with E-state index >= 15 is 0 Å². The Kier molecular flexibility index (Phi) is 4.08. The van der Waals surface area contributed by atoms with Gasteiger partial charge in [-0.15, -0.1) is 11.3 Å². The summed E-state index contributed by atoms with van der Waals surface area (Å²) in [6, 6.07) is 9.46. The molecule has 1 aromatic carbocycles. The molecule has 0 bridgehead atoms. The molecule has 0 radical (unpaired) electrons. The van der Waals surface area contributed by atoms with Crippen LogP contribution in [0, 0.1) is 0 Å². The van der Waals surface area contributed by atoms with E-state index in [1.54, 1.807) is 5.38 Å². The Morgan fingerprint density at radius 1 is 1.38 bits per heavy atom. The minimum absolute atomic E-state index is 0.0181. The molecule has 21 heavy (non-hydrogen) atoms. The van der Waals surface area contributed by atoms with E-state index in [1.807, 2.05) is 30.3 Å². The third kappa shape index (κ3) is 3.34. The molecule has 2 aromatic rings. The van der Waals surface area contributed by atoms with Crippen LogP contribution >= 0.6 is 11.3 Å². The zero-order chi connectivity index (χ0) is 14.7. The van der Waals surface area contributed by atoms with E-state index in [4.69, 9.17) is 15.2 Å². The number of nitrogens with two attached hydrogens (primary N) is 1. The van der Waals surface area contributed by atoms with Crippen molar-refractivity contribution in [1.82, 2.24) is 5.32 Å². The monoisotopic (exact) mass is 304 g/mol. The molecule has 2 heterocycles. The van der Waals surface area contributed by atoms with E-state index in [-0.39, 0.29) is 6.10 Å². The summed E-state index contributed by atoms with van der Waals surface area (Å²) in [6.45, 7) is 1.89. The number of benzene rings is 1. The van der Waals surface area contributed by atoms with Gasteiger partial charge in [-0.05, 0) is 18.2 Å². The van der Waals surface area contributed by atoms with Crippen LogP contribution in [0.4, 0.5) is 0 Å². The van der Waals surface area contributed by atoms with Crippen LogP contribution in [0.5, 0.6) is 11.5 Å². The van der Waals surface area contributed by atoms with Gasteiger partial charge in [0.1, 0.15) is 12.7 Å². The highest BCUT2D eigenvalue weighted by molar-refractivity contribution is 7.10. The van der Waals surface area contributed by atoms with Gasteiger partial charge in [-0.25, -0.2) is 0 Å². The molecule has 0 spiro atoms. The third-order valence-electron chi connectivity index (χ3n) is 3.18. The highest BCUT2D eigenvalue weighted by atomic mass is 32.1. The molecular formula is C15H16N2O3S. The number of amides is 1. The Morgan fingerprint density at radius 2 is 2.19 bits per heavy atom. The average molecular weight is 304 g/mol. The molecule has 1 aromatic heterocycles. The number of thiophene rings is 1. The molecule has 0 saturated carbocycles. The molecule has 1 unspecified atom stereocenters. The Hall–Kier alpha value is -2.05. The van der Waals surface area contributed by atoms with Crippen molar-refractivity contribution in [1.29, 1.82) is 0 Å². The van der Waals surface area contributed by atoms with Crippen molar-refractivity contribution in [3.63, 3.8) is 0 Å². The fraction of sp³-hybridized carbons (Fsp3) is 0.267. The van der Waals surface area contributed by atoms with Crippen molar-refractivity contribution in [2.24, 2.45) is 5.73 Å². The minimum atomic E-state index is -0.391. The summed E-state index contributed by atoms with van der Waals surface area (Å²) < 4.78 is 11.5. The van der Waals surface area contributed by atoms with E-state index in [0.717, 1.165) is 16.4 Å². The van der Waals surface area contributed by atoms with E-state index in [1.165, 1.54) is 11.3 Å². The molecule has 1 aliphatic rings. The Morgan fingerprint density at radius 3 is 2.95 bits per heavy atom. The van der Waals surface area contributed by atoms with Crippen molar-refractivity contribution in [3.05, 3.63) is 46.2 Å². The summed E-state index contributed by atoms with van der Waals surface area (Å²) >= 11 is 1.52. The molecule has 1 aliphatic heterocycles. The Bertz CT molecular complexity index is 641. The molecule has 0 aliphatic carbocycles. The van der Waals surface area contributed by atoms with E-state index < -0.39 is 5.91 Å². The van der Waals surface area contributed by atoms with Crippen molar-refractivity contribution in [3.8, 4) is 11.5 Å². The molecule has 6 heteroatoms. The fourth-order valence-electron chi connectivity index (χ4n) is 2.12. The molecule has 1 atom stereocenters. The molecule has 1 amide bonds. The number of ether oxygens (including phenoxy) is 2. The minimum Gasteiger partial charge on any atom is -0.486 e. The molecule has 0 saturated heterocycles. The highest BCUT2D eigenvalue weighted by Gasteiger charge is 2.20. The van der Waals surface area contributed by atoms with E-state index in [0.29, 0.717) is 25.3 Å². The Balaban J connectivity index is 1.49. The summed E-state index contributed by atoms with van der Waals surface area (Å²) in [4.78, 5) is 12.1. The normalized spacial score (nSPS) is 16.7. The standard InChI is InChI=1S/C15H16N2O3S/c16-15(18)10-5-12(21-9-10)7-17-6-11-8-19-13-3-1-2-4-14(13)20-11/h1-5,9,11,17H,6-8H2,(H2,16,18). The maximum Gasteiger partial charge on any atom is 0.249 e. The second-order valence-electron chi connectivity index (χ2n) is 4.79. The molecule has 110 valence electrons. The summed E-state index contributed by atoms with van der Waals surface area (Å²) in [5.74, 6) is 1.18. The summed E-state index contributed by atoms with van der Waals surface area (Å²) in [5.41, 5.74) is 5.79. The number of hydrogen-bond acceptors (Lipinski definition) is 5. The number of carbonyl (C=O) groups excluding carboxylic acids is 1. The van der Waals surface area contributed by atoms with Gasteiger partial charge in [0.05, 0.1) is 5.56 Å². The van der Waals surface area contributed by atoms with Crippen LogP contribution in [0.25, 0.3) is 0 Å². The SMILES string of the molecule is NC(=O)c1csc(CNCC2COc3ccccc3O2)c1. The Labute approximate surface area is 126 Å². The van der Waals surface area contributed by atoms with Gasteiger partial charge >= 0.3 is 0 Å². The third-order valence-corrected chi connectivity index (χ3v) is 4.11. The second-order valence-corrected chi connectivity index (χ2v) is 5.79. The quantitative estimate of drug-likeness (QED) is 0.883. The van der Waals surface area contributed by atoms with Crippen molar-refractivity contribution < 1.29 is 14.3 Å². The van der Waals surface area contributed by atoms with Crippen LogP contribution in [0.2, 0.25) is 0 Å².